The van der Waals surface area contributed by atoms with Gasteiger partial charge in [0.15, 0.2) is 11.6 Å². The summed E-state index contributed by atoms with van der Waals surface area (Å²) in [6.07, 6.45) is 3.29. The largest absolute Gasteiger partial charge is 0.365 e. The zero-order valence-electron chi connectivity index (χ0n) is 23.9. The number of aliphatic imine (C=N–C) groups is 1. The number of hydrogen-bond acceptors (Lipinski definition) is 9. The van der Waals surface area contributed by atoms with Gasteiger partial charge in [-0.3, -0.25) is 19.8 Å². The fourth-order valence-corrected chi connectivity index (χ4v) is 6.68. The van der Waals surface area contributed by atoms with Crippen molar-refractivity contribution in [2.75, 3.05) is 28.2 Å². The van der Waals surface area contributed by atoms with E-state index in [-0.39, 0.29) is 35.5 Å². The zero-order chi connectivity index (χ0) is 31.3. The van der Waals surface area contributed by atoms with Gasteiger partial charge in [-0.2, -0.15) is 0 Å². The molecule has 4 aromatic rings. The number of thiophene rings is 1. The lowest BCUT2D eigenvalue weighted by Gasteiger charge is -2.21. The highest BCUT2D eigenvalue weighted by atomic mass is 32.2. The van der Waals surface area contributed by atoms with Crippen LogP contribution in [0, 0.1) is 11.6 Å². The number of hydrogen-bond donors (Lipinski definition) is 5. The van der Waals surface area contributed by atoms with Gasteiger partial charge in [0.1, 0.15) is 12.0 Å². The number of rotatable bonds is 12. The van der Waals surface area contributed by atoms with Gasteiger partial charge in [-0.25, -0.2) is 22.2 Å². The Morgan fingerprint density at radius 1 is 1.05 bits per heavy atom. The summed E-state index contributed by atoms with van der Waals surface area (Å²) >= 11 is 1.58. The molecule has 1 unspecified atom stereocenters. The molecule has 10 nitrogen and oxygen atoms in total. The van der Waals surface area contributed by atoms with Crippen LogP contribution in [-0.4, -0.2) is 38.4 Å². The summed E-state index contributed by atoms with van der Waals surface area (Å²) in [5, 5.41) is 12.2. The molecule has 2 aromatic heterocycles. The molecule has 1 amide bonds. The highest BCUT2D eigenvalue weighted by molar-refractivity contribution is 7.92. The molecule has 0 spiro atoms. The van der Waals surface area contributed by atoms with Crippen molar-refractivity contribution in [3.8, 4) is 10.4 Å². The van der Waals surface area contributed by atoms with E-state index in [9.17, 15) is 22.0 Å². The molecule has 1 atom stereocenters. The van der Waals surface area contributed by atoms with E-state index in [1.165, 1.54) is 18.3 Å². The fraction of sp³-hybridized carbons (Fsp3) is 0.233. The lowest BCUT2D eigenvalue weighted by atomic mass is 10.0. The molecule has 0 radical (unpaired) electrons. The molecule has 0 saturated heterocycles. The van der Waals surface area contributed by atoms with E-state index in [2.05, 4.69) is 42.0 Å². The van der Waals surface area contributed by atoms with Crippen LogP contribution in [0.15, 0.2) is 65.8 Å². The lowest BCUT2D eigenvalue weighted by molar-refractivity contribution is 0.0951. The molecule has 0 saturated carbocycles. The molecule has 44 heavy (non-hydrogen) atoms. The molecule has 1 aliphatic heterocycles. The van der Waals surface area contributed by atoms with Crippen molar-refractivity contribution in [3.05, 3.63) is 94.0 Å². The van der Waals surface area contributed by atoms with Gasteiger partial charge in [0.05, 0.1) is 36.1 Å². The number of aromatic nitrogens is 1. The van der Waals surface area contributed by atoms with Crippen molar-refractivity contribution >= 4 is 50.8 Å². The summed E-state index contributed by atoms with van der Waals surface area (Å²) < 4.78 is 54.1. The van der Waals surface area contributed by atoms with Crippen molar-refractivity contribution in [3.63, 3.8) is 0 Å². The van der Waals surface area contributed by atoms with Crippen molar-refractivity contribution < 1.29 is 22.0 Å². The van der Waals surface area contributed by atoms with Crippen LogP contribution >= 0.6 is 11.3 Å². The summed E-state index contributed by atoms with van der Waals surface area (Å²) in [6.45, 7) is 2.01. The minimum Gasteiger partial charge on any atom is -0.365 e. The number of carbonyl (C=O) groups excluding carboxylic acids is 1. The molecule has 0 bridgehead atoms. The number of anilines is 3. The van der Waals surface area contributed by atoms with Gasteiger partial charge >= 0.3 is 0 Å². The summed E-state index contributed by atoms with van der Waals surface area (Å²) in [5.74, 6) is -2.44. The van der Waals surface area contributed by atoms with Gasteiger partial charge in [-0.05, 0) is 67.1 Å². The lowest BCUT2D eigenvalue weighted by Crippen LogP contribution is -2.25. The Labute approximate surface area is 258 Å². The molecule has 3 heterocycles. The number of carbonyl (C=O) groups is 1. The Bertz CT molecular complexity index is 1810. The fourth-order valence-electron chi connectivity index (χ4n) is 4.63. The smallest absolute Gasteiger partial charge is 0.255 e. The Balaban J connectivity index is 1.34. The third kappa shape index (κ3) is 7.38. The number of benzene rings is 2. The molecule has 0 fully saturated rings. The van der Waals surface area contributed by atoms with Crippen LogP contribution in [0.5, 0.6) is 0 Å². The molecule has 1 aliphatic rings. The van der Waals surface area contributed by atoms with Crippen LogP contribution in [0.25, 0.3) is 10.4 Å². The second-order valence-corrected chi connectivity index (χ2v) is 13.0. The van der Waals surface area contributed by atoms with Gasteiger partial charge in [-0.1, -0.05) is 19.1 Å². The standard InChI is InChI=1S/C30H31F2N7O3S2/c1-3-10-44(41,42)39-20-13-23(30(40)36-14-18-4-7-24(31)25(32)11-18)29(34-15-20)35-16-21-6-9-27(43-21)19-5-8-26-22(12-19)28(33-2)38-17-37-26/h4-9,11-13,15,17,28,33,39H,3,10,14,16H2,1-2H3,(H,34,35)(H,36,40)(H,37,38). The summed E-state index contributed by atoms with van der Waals surface area (Å²) in [5.41, 5.74) is 3.64. The maximum Gasteiger partial charge on any atom is 0.255 e. The monoisotopic (exact) mass is 639 g/mol. The number of pyridine rings is 1. The quantitative estimate of drug-likeness (QED) is 0.139. The number of fused-ring (bicyclic) bond motifs is 1. The predicted octanol–water partition coefficient (Wildman–Crippen LogP) is 5.45. The van der Waals surface area contributed by atoms with Crippen LogP contribution in [0.3, 0.4) is 0 Å². The molecular weight excluding hydrogens is 609 g/mol. The minimum absolute atomic E-state index is 0.0778. The normalized spacial score (nSPS) is 14.0. The van der Waals surface area contributed by atoms with E-state index < -0.39 is 27.6 Å². The van der Waals surface area contributed by atoms with E-state index in [1.807, 2.05) is 31.3 Å². The summed E-state index contributed by atoms with van der Waals surface area (Å²) in [6, 6.07) is 14.9. The maximum atomic E-state index is 13.7. The molecular formula is C30H31F2N7O3S2. The van der Waals surface area contributed by atoms with Crippen LogP contribution in [0.2, 0.25) is 0 Å². The predicted molar refractivity (Wildman–Crippen MR) is 170 cm³/mol. The topological polar surface area (TPSA) is 137 Å². The average Bonchev–Trinajstić information content (AvgIpc) is 3.49. The molecule has 0 aliphatic carbocycles. The Morgan fingerprint density at radius 3 is 2.66 bits per heavy atom. The van der Waals surface area contributed by atoms with Gasteiger partial charge in [0, 0.05) is 27.5 Å². The first-order valence-corrected chi connectivity index (χ1v) is 16.3. The van der Waals surface area contributed by atoms with Crippen LogP contribution in [0.1, 0.15) is 45.9 Å². The van der Waals surface area contributed by atoms with Crippen molar-refractivity contribution in [1.29, 1.82) is 0 Å². The van der Waals surface area contributed by atoms with Crippen molar-refractivity contribution in [2.45, 2.75) is 32.6 Å². The Hall–Kier alpha value is -4.40. The molecule has 230 valence electrons. The molecule has 14 heteroatoms. The van der Waals surface area contributed by atoms with E-state index >= 15 is 0 Å². The number of nitrogens with one attached hydrogen (secondary N) is 5. The van der Waals surface area contributed by atoms with E-state index in [0.29, 0.717) is 18.5 Å². The SMILES string of the molecule is CCCS(=O)(=O)Nc1cnc(NCc2ccc(-c3ccc4c(c3)C(NC)N=CN4)s2)c(C(=O)NCc2ccc(F)c(F)c2)c1. The maximum absolute atomic E-state index is 13.7. The number of sulfonamides is 1. The highest BCUT2D eigenvalue weighted by Crippen LogP contribution is 2.35. The number of halogens is 2. The first-order chi connectivity index (χ1) is 21.2. The van der Waals surface area contributed by atoms with Gasteiger partial charge in [0.25, 0.3) is 5.91 Å². The van der Waals surface area contributed by atoms with Crippen LogP contribution in [-0.2, 0) is 23.1 Å². The highest BCUT2D eigenvalue weighted by Gasteiger charge is 2.19. The zero-order valence-corrected chi connectivity index (χ0v) is 25.6. The van der Waals surface area contributed by atoms with E-state index in [0.717, 1.165) is 38.7 Å². The van der Waals surface area contributed by atoms with Crippen LogP contribution < -0.4 is 26.0 Å². The van der Waals surface area contributed by atoms with Gasteiger partial charge in [-0.15, -0.1) is 11.3 Å². The first kappa shape index (κ1) is 31.0. The second-order valence-electron chi connectivity index (χ2n) is 10.0. The van der Waals surface area contributed by atoms with Gasteiger partial charge < -0.3 is 16.0 Å². The Morgan fingerprint density at radius 2 is 1.89 bits per heavy atom. The second kappa shape index (κ2) is 13.5. The first-order valence-electron chi connectivity index (χ1n) is 13.8. The van der Waals surface area contributed by atoms with Crippen molar-refractivity contribution in [2.24, 2.45) is 4.99 Å². The number of amides is 1. The molecule has 2 aromatic carbocycles. The van der Waals surface area contributed by atoms with Crippen LogP contribution in [0.4, 0.5) is 26.0 Å². The van der Waals surface area contributed by atoms with Crippen molar-refractivity contribution in [1.82, 2.24) is 15.6 Å². The van der Waals surface area contributed by atoms with E-state index in [1.54, 1.807) is 24.6 Å². The number of nitrogens with zero attached hydrogens (tertiary/aromatic N) is 2. The third-order valence-corrected chi connectivity index (χ3v) is 9.38. The summed E-state index contributed by atoms with van der Waals surface area (Å²) in [7, 11) is -1.77. The molecule has 5 N–H and O–H groups in total. The van der Waals surface area contributed by atoms with E-state index in [4.69, 9.17) is 0 Å². The minimum atomic E-state index is -3.63. The molecule has 5 rings (SSSR count). The van der Waals surface area contributed by atoms with Gasteiger partial charge in [0.2, 0.25) is 10.0 Å². The third-order valence-electron chi connectivity index (χ3n) is 6.76. The average molecular weight is 640 g/mol. The summed E-state index contributed by atoms with van der Waals surface area (Å²) in [4.78, 5) is 24.0. The Kier molecular flexibility index (Phi) is 9.52.